The normalized spacial score (nSPS) is 11.0. The predicted molar refractivity (Wildman–Crippen MR) is 110 cm³/mol. The molecule has 0 aliphatic heterocycles. The van der Waals surface area contributed by atoms with Crippen molar-refractivity contribution in [1.29, 1.82) is 0 Å². The molecule has 146 valence electrons. The second-order valence-electron chi connectivity index (χ2n) is 6.76. The van der Waals surface area contributed by atoms with Crippen LogP contribution in [0.25, 0.3) is 10.2 Å². The van der Waals surface area contributed by atoms with Crippen molar-refractivity contribution in [2.75, 3.05) is 4.90 Å². The zero-order valence-electron chi connectivity index (χ0n) is 15.8. The summed E-state index contributed by atoms with van der Waals surface area (Å²) in [5, 5.41) is 0.438. The van der Waals surface area contributed by atoms with Crippen LogP contribution in [0.2, 0.25) is 0 Å². The van der Waals surface area contributed by atoms with E-state index in [2.05, 4.69) is 16.0 Å². The van der Waals surface area contributed by atoms with Gasteiger partial charge in [-0.25, -0.2) is 13.8 Å². The van der Waals surface area contributed by atoms with E-state index in [1.165, 1.54) is 16.2 Å². The van der Waals surface area contributed by atoms with Gasteiger partial charge in [-0.2, -0.15) is 0 Å². The number of thiazole rings is 1. The van der Waals surface area contributed by atoms with E-state index in [-0.39, 0.29) is 12.1 Å². The first-order valence-corrected chi connectivity index (χ1v) is 9.78. The summed E-state index contributed by atoms with van der Waals surface area (Å²) in [5.74, 6) is -2.24. The Morgan fingerprint density at radius 3 is 2.66 bits per heavy atom. The maximum atomic E-state index is 14.3. The molecule has 2 aromatic heterocycles. The van der Waals surface area contributed by atoms with Gasteiger partial charge in [0.1, 0.15) is 11.6 Å². The van der Waals surface area contributed by atoms with Gasteiger partial charge in [0.2, 0.25) is 0 Å². The van der Waals surface area contributed by atoms with Crippen molar-refractivity contribution in [2.24, 2.45) is 0 Å². The van der Waals surface area contributed by atoms with Gasteiger partial charge in [-0.1, -0.05) is 23.5 Å². The molecule has 29 heavy (non-hydrogen) atoms. The van der Waals surface area contributed by atoms with Crippen LogP contribution >= 0.6 is 11.3 Å². The van der Waals surface area contributed by atoms with Crippen LogP contribution in [-0.4, -0.2) is 15.9 Å². The highest BCUT2D eigenvalue weighted by Gasteiger charge is 2.25. The van der Waals surface area contributed by atoms with Gasteiger partial charge in [0.15, 0.2) is 5.13 Å². The molecular formula is C22H17F2N3OS. The minimum Gasteiger partial charge on any atom is -0.278 e. The van der Waals surface area contributed by atoms with E-state index in [1.807, 2.05) is 26.0 Å². The number of benzene rings is 2. The molecule has 1 amide bonds. The molecule has 0 aliphatic carbocycles. The highest BCUT2D eigenvalue weighted by molar-refractivity contribution is 7.22. The molecule has 0 saturated carbocycles. The number of hydrogen-bond acceptors (Lipinski definition) is 4. The lowest BCUT2D eigenvalue weighted by Gasteiger charge is -2.20. The van der Waals surface area contributed by atoms with Crippen molar-refractivity contribution in [3.8, 4) is 0 Å². The number of aryl methyl sites for hydroxylation is 2. The third-order valence-corrected chi connectivity index (χ3v) is 5.72. The molecule has 0 bridgehead atoms. The molecule has 4 nitrogen and oxygen atoms in total. The molecule has 0 aliphatic rings. The zero-order valence-corrected chi connectivity index (χ0v) is 16.6. The molecule has 0 spiro atoms. The summed E-state index contributed by atoms with van der Waals surface area (Å²) >= 11 is 1.36. The highest BCUT2D eigenvalue weighted by Crippen LogP contribution is 2.33. The molecule has 0 unspecified atom stereocenters. The Kier molecular flexibility index (Phi) is 5.07. The average molecular weight is 409 g/mol. The lowest BCUT2D eigenvalue weighted by atomic mass is 10.1. The van der Waals surface area contributed by atoms with Gasteiger partial charge in [0.05, 0.1) is 28.0 Å². The molecule has 0 fully saturated rings. The maximum Gasteiger partial charge on any atom is 0.263 e. The van der Waals surface area contributed by atoms with Crippen molar-refractivity contribution in [2.45, 2.75) is 20.4 Å². The standard InChI is InChI=1S/C22H17F2N3OS/c1-13-9-14(2)20-19(10-13)26-22(29-20)27(12-16-5-3-4-8-25-16)21(28)17-7-6-15(23)11-18(17)24/h3-11H,12H2,1-2H3. The first kappa shape index (κ1) is 19.1. The second-order valence-corrected chi connectivity index (χ2v) is 7.74. The van der Waals surface area contributed by atoms with Crippen LogP contribution in [0.5, 0.6) is 0 Å². The van der Waals surface area contributed by atoms with Crippen molar-refractivity contribution in [1.82, 2.24) is 9.97 Å². The number of fused-ring (bicyclic) bond motifs is 1. The fourth-order valence-electron chi connectivity index (χ4n) is 3.17. The van der Waals surface area contributed by atoms with Crippen LogP contribution in [0.3, 0.4) is 0 Å². The number of carbonyl (C=O) groups excluding carboxylic acids is 1. The fourth-order valence-corrected chi connectivity index (χ4v) is 4.18. The van der Waals surface area contributed by atoms with Crippen molar-refractivity contribution in [3.63, 3.8) is 0 Å². The minimum atomic E-state index is -0.908. The monoisotopic (exact) mass is 409 g/mol. The summed E-state index contributed by atoms with van der Waals surface area (Å²) in [6, 6.07) is 12.3. The third kappa shape index (κ3) is 3.86. The Hall–Kier alpha value is -3.19. The number of halogens is 2. The highest BCUT2D eigenvalue weighted by atomic mass is 32.1. The number of aromatic nitrogens is 2. The molecule has 2 heterocycles. The summed E-state index contributed by atoms with van der Waals surface area (Å²) in [6.45, 7) is 4.09. The zero-order chi connectivity index (χ0) is 20.5. The summed E-state index contributed by atoms with van der Waals surface area (Å²) in [5.41, 5.74) is 3.33. The van der Waals surface area contributed by atoms with Crippen LogP contribution in [0.15, 0.2) is 54.7 Å². The van der Waals surface area contributed by atoms with Gasteiger partial charge in [-0.05, 0) is 55.3 Å². The van der Waals surface area contributed by atoms with Gasteiger partial charge in [-0.3, -0.25) is 14.7 Å². The maximum absolute atomic E-state index is 14.3. The summed E-state index contributed by atoms with van der Waals surface area (Å²) in [6.07, 6.45) is 1.63. The Bertz CT molecular complexity index is 1210. The largest absolute Gasteiger partial charge is 0.278 e. The summed E-state index contributed by atoms with van der Waals surface area (Å²) < 4.78 is 28.6. The molecule has 0 saturated heterocycles. The number of carbonyl (C=O) groups is 1. The molecule has 4 aromatic rings. The van der Waals surface area contributed by atoms with Gasteiger partial charge in [-0.15, -0.1) is 0 Å². The number of nitrogens with zero attached hydrogens (tertiary/aromatic N) is 3. The number of amides is 1. The molecule has 4 rings (SSSR count). The van der Waals surface area contributed by atoms with Crippen LogP contribution in [-0.2, 0) is 6.54 Å². The van der Waals surface area contributed by atoms with Crippen LogP contribution in [0, 0.1) is 25.5 Å². The SMILES string of the molecule is Cc1cc(C)c2sc(N(Cc3ccccn3)C(=O)c3ccc(F)cc3F)nc2c1. The number of rotatable bonds is 4. The Morgan fingerprint density at radius 2 is 1.93 bits per heavy atom. The minimum absolute atomic E-state index is 0.119. The van der Waals surface area contributed by atoms with E-state index in [4.69, 9.17) is 0 Å². The summed E-state index contributed by atoms with van der Waals surface area (Å²) in [7, 11) is 0. The first-order chi connectivity index (χ1) is 13.9. The van der Waals surface area contributed by atoms with Crippen LogP contribution < -0.4 is 4.90 Å². The van der Waals surface area contributed by atoms with Gasteiger partial charge in [0, 0.05) is 12.3 Å². The lowest BCUT2D eigenvalue weighted by Crippen LogP contribution is -2.31. The molecule has 7 heteroatoms. The van der Waals surface area contributed by atoms with E-state index >= 15 is 0 Å². The van der Waals surface area contributed by atoms with Crippen molar-refractivity contribution in [3.05, 3.63) is 88.7 Å². The van der Waals surface area contributed by atoms with E-state index in [0.717, 1.165) is 33.5 Å². The van der Waals surface area contributed by atoms with Gasteiger partial charge < -0.3 is 0 Å². The summed E-state index contributed by atoms with van der Waals surface area (Å²) in [4.78, 5) is 23.5. The van der Waals surface area contributed by atoms with E-state index in [1.54, 1.807) is 18.3 Å². The molecule has 0 N–H and O–H groups in total. The van der Waals surface area contributed by atoms with Gasteiger partial charge >= 0.3 is 0 Å². The Morgan fingerprint density at radius 1 is 1.10 bits per heavy atom. The van der Waals surface area contributed by atoms with Crippen molar-refractivity contribution < 1.29 is 13.6 Å². The average Bonchev–Trinajstić information content (AvgIpc) is 3.10. The van der Waals surface area contributed by atoms with Gasteiger partial charge in [0.25, 0.3) is 5.91 Å². The molecule has 0 atom stereocenters. The van der Waals surface area contributed by atoms with E-state index in [9.17, 15) is 13.6 Å². The Labute approximate surface area is 170 Å². The number of pyridine rings is 1. The van der Waals surface area contributed by atoms with Crippen LogP contribution in [0.1, 0.15) is 27.2 Å². The van der Waals surface area contributed by atoms with Crippen molar-refractivity contribution >= 4 is 32.6 Å². The smallest absolute Gasteiger partial charge is 0.263 e. The number of anilines is 1. The number of hydrogen-bond donors (Lipinski definition) is 0. The molecule has 0 radical (unpaired) electrons. The van der Waals surface area contributed by atoms with Crippen LogP contribution in [0.4, 0.5) is 13.9 Å². The molecular weight excluding hydrogens is 392 g/mol. The predicted octanol–water partition coefficient (Wildman–Crippen LogP) is 5.43. The lowest BCUT2D eigenvalue weighted by molar-refractivity contribution is 0.0981. The quantitative estimate of drug-likeness (QED) is 0.451. The van der Waals surface area contributed by atoms with E-state index < -0.39 is 17.5 Å². The Balaban J connectivity index is 1.82. The fraction of sp³-hybridized carbons (Fsp3) is 0.136. The first-order valence-electron chi connectivity index (χ1n) is 8.97. The third-order valence-electron chi connectivity index (χ3n) is 4.49. The topological polar surface area (TPSA) is 46.1 Å². The molecule has 2 aromatic carbocycles. The van der Waals surface area contributed by atoms with E-state index in [0.29, 0.717) is 16.9 Å². The second kappa shape index (κ2) is 7.67.